The maximum Gasteiger partial charge on any atom is 0.0967 e. The Labute approximate surface area is 108 Å². The second-order valence-electron chi connectivity index (χ2n) is 5.09. The number of hydrogen-bond acceptors (Lipinski definition) is 4. The Morgan fingerprint density at radius 2 is 2.24 bits per heavy atom. The Bertz CT molecular complexity index is 366. The van der Waals surface area contributed by atoms with E-state index in [1.54, 1.807) is 4.68 Å². The first-order valence-electron chi connectivity index (χ1n) is 6.09. The van der Waals surface area contributed by atoms with Crippen molar-refractivity contribution >= 4 is 12.4 Å². The normalized spacial score (nSPS) is 28.8. The molecule has 3 heterocycles. The summed E-state index contributed by atoms with van der Waals surface area (Å²) in [6, 6.07) is 0. The smallest absolute Gasteiger partial charge is 0.0967 e. The lowest BCUT2D eigenvalue weighted by molar-refractivity contribution is 0.141. The number of rotatable bonds is 2. The molecular formula is C11H20ClN5. The van der Waals surface area contributed by atoms with E-state index in [-0.39, 0.29) is 12.4 Å². The van der Waals surface area contributed by atoms with Gasteiger partial charge in [-0.05, 0) is 37.9 Å². The minimum Gasteiger partial charge on any atom is -0.316 e. The van der Waals surface area contributed by atoms with E-state index in [1.165, 1.54) is 32.6 Å². The molecule has 2 aliphatic heterocycles. The lowest BCUT2D eigenvalue weighted by Gasteiger charge is -2.33. The van der Waals surface area contributed by atoms with Gasteiger partial charge < -0.3 is 5.32 Å². The maximum atomic E-state index is 4.15. The van der Waals surface area contributed by atoms with Crippen molar-refractivity contribution in [3.05, 3.63) is 11.9 Å². The zero-order valence-corrected chi connectivity index (χ0v) is 11.0. The first-order valence-corrected chi connectivity index (χ1v) is 6.09. The summed E-state index contributed by atoms with van der Waals surface area (Å²) in [6.45, 7) is 5.80. The van der Waals surface area contributed by atoms with Gasteiger partial charge in [-0.1, -0.05) is 5.21 Å². The lowest BCUT2D eigenvalue weighted by Crippen LogP contribution is -2.39. The summed E-state index contributed by atoms with van der Waals surface area (Å²) in [5, 5.41) is 11.6. The van der Waals surface area contributed by atoms with Crippen molar-refractivity contribution in [1.82, 2.24) is 25.2 Å². The summed E-state index contributed by atoms with van der Waals surface area (Å²) in [7, 11) is 1.92. The van der Waals surface area contributed by atoms with Gasteiger partial charge in [0.15, 0.2) is 0 Å². The second-order valence-corrected chi connectivity index (χ2v) is 5.09. The topological polar surface area (TPSA) is 46.0 Å². The molecular weight excluding hydrogens is 238 g/mol. The van der Waals surface area contributed by atoms with Crippen molar-refractivity contribution in [2.45, 2.75) is 13.0 Å². The van der Waals surface area contributed by atoms with Crippen LogP contribution < -0.4 is 5.32 Å². The summed E-state index contributed by atoms with van der Waals surface area (Å²) in [5.74, 6) is 1.77. The maximum absolute atomic E-state index is 4.15. The van der Waals surface area contributed by atoms with Crippen molar-refractivity contribution in [2.75, 3.05) is 26.2 Å². The van der Waals surface area contributed by atoms with Gasteiger partial charge >= 0.3 is 0 Å². The van der Waals surface area contributed by atoms with Crippen molar-refractivity contribution in [3.8, 4) is 0 Å². The molecule has 1 aromatic heterocycles. The molecule has 0 spiro atoms. The van der Waals surface area contributed by atoms with Crippen molar-refractivity contribution in [1.29, 1.82) is 0 Å². The number of piperidine rings is 1. The monoisotopic (exact) mass is 257 g/mol. The van der Waals surface area contributed by atoms with Gasteiger partial charge in [0.1, 0.15) is 0 Å². The molecule has 96 valence electrons. The quantitative estimate of drug-likeness (QED) is 0.827. The van der Waals surface area contributed by atoms with E-state index < -0.39 is 0 Å². The van der Waals surface area contributed by atoms with Gasteiger partial charge in [-0.2, -0.15) is 0 Å². The van der Waals surface area contributed by atoms with Gasteiger partial charge in [-0.25, -0.2) is 0 Å². The molecule has 0 aliphatic carbocycles. The van der Waals surface area contributed by atoms with E-state index in [9.17, 15) is 0 Å². The third kappa shape index (κ3) is 2.78. The third-order valence-corrected chi connectivity index (χ3v) is 3.82. The Hall–Kier alpha value is -0.650. The molecule has 1 N–H and O–H groups in total. The fraction of sp³-hybridized carbons (Fsp3) is 0.818. The fourth-order valence-electron chi connectivity index (χ4n) is 2.95. The number of nitrogens with one attached hydrogen (secondary N) is 1. The molecule has 1 aromatic rings. The second kappa shape index (κ2) is 5.33. The molecule has 6 heteroatoms. The first kappa shape index (κ1) is 12.8. The van der Waals surface area contributed by atoms with Gasteiger partial charge in [0.25, 0.3) is 0 Å². The summed E-state index contributed by atoms with van der Waals surface area (Å²) in [6.07, 6.45) is 3.34. The number of halogens is 1. The molecule has 2 atom stereocenters. The summed E-state index contributed by atoms with van der Waals surface area (Å²) >= 11 is 0. The summed E-state index contributed by atoms with van der Waals surface area (Å²) in [4.78, 5) is 2.51. The largest absolute Gasteiger partial charge is 0.316 e. The van der Waals surface area contributed by atoms with Gasteiger partial charge in [0.05, 0.1) is 5.69 Å². The van der Waals surface area contributed by atoms with Crippen LogP contribution >= 0.6 is 12.4 Å². The predicted molar refractivity (Wildman–Crippen MR) is 68.0 cm³/mol. The number of nitrogens with zero attached hydrogens (tertiary/aromatic N) is 4. The zero-order chi connectivity index (χ0) is 11.0. The van der Waals surface area contributed by atoms with Crippen LogP contribution in [0.5, 0.6) is 0 Å². The van der Waals surface area contributed by atoms with Crippen molar-refractivity contribution in [2.24, 2.45) is 18.9 Å². The molecule has 0 amide bonds. The van der Waals surface area contributed by atoms with Crippen LogP contribution in [0.15, 0.2) is 6.20 Å². The average Bonchev–Trinajstić information content (AvgIpc) is 2.87. The molecule has 0 aromatic carbocycles. The van der Waals surface area contributed by atoms with Crippen LogP contribution in [0.4, 0.5) is 0 Å². The van der Waals surface area contributed by atoms with Crippen LogP contribution in [0.25, 0.3) is 0 Å². The minimum absolute atomic E-state index is 0. The Kier molecular flexibility index (Phi) is 4.01. The summed E-state index contributed by atoms with van der Waals surface area (Å²) < 4.78 is 1.78. The average molecular weight is 258 g/mol. The predicted octanol–water partition coefficient (Wildman–Crippen LogP) is 0.278. The molecule has 2 saturated heterocycles. The Morgan fingerprint density at radius 3 is 3.00 bits per heavy atom. The van der Waals surface area contributed by atoms with E-state index in [1.807, 2.05) is 13.2 Å². The number of aromatic nitrogens is 3. The van der Waals surface area contributed by atoms with Crippen LogP contribution in [-0.2, 0) is 13.6 Å². The minimum atomic E-state index is 0. The highest BCUT2D eigenvalue weighted by Gasteiger charge is 2.32. The third-order valence-electron chi connectivity index (χ3n) is 3.82. The van der Waals surface area contributed by atoms with Gasteiger partial charge in [-0.15, -0.1) is 17.5 Å². The molecule has 0 saturated carbocycles. The van der Waals surface area contributed by atoms with E-state index in [4.69, 9.17) is 0 Å². The van der Waals surface area contributed by atoms with Crippen LogP contribution in [0.2, 0.25) is 0 Å². The van der Waals surface area contributed by atoms with E-state index in [0.717, 1.165) is 24.1 Å². The number of hydrogen-bond donors (Lipinski definition) is 1. The van der Waals surface area contributed by atoms with Crippen LogP contribution in [-0.4, -0.2) is 46.1 Å². The van der Waals surface area contributed by atoms with Crippen molar-refractivity contribution in [3.63, 3.8) is 0 Å². The zero-order valence-electron chi connectivity index (χ0n) is 10.2. The van der Waals surface area contributed by atoms with Crippen LogP contribution in [0, 0.1) is 11.8 Å². The van der Waals surface area contributed by atoms with Gasteiger partial charge in [0, 0.05) is 26.3 Å². The molecule has 5 nitrogen and oxygen atoms in total. The molecule has 2 fully saturated rings. The summed E-state index contributed by atoms with van der Waals surface area (Å²) in [5.41, 5.74) is 1.09. The molecule has 17 heavy (non-hydrogen) atoms. The highest BCUT2D eigenvalue weighted by molar-refractivity contribution is 5.85. The standard InChI is InChI=1S/C11H19N5.ClH/c1-15-7-11(13-14-15)8-16-3-2-9-4-12-5-10(9)6-16;/h7,9-10,12H,2-6,8H2,1H3;1H. The molecule has 2 aliphatic rings. The lowest BCUT2D eigenvalue weighted by atomic mass is 9.89. The number of fused-ring (bicyclic) bond motifs is 1. The van der Waals surface area contributed by atoms with Crippen LogP contribution in [0.1, 0.15) is 12.1 Å². The number of likely N-dealkylation sites (tertiary alicyclic amines) is 1. The molecule has 0 bridgehead atoms. The first-order chi connectivity index (χ1) is 7.81. The SMILES string of the molecule is Cl.Cn1cc(CN2CCC3CNCC3C2)nn1. The Morgan fingerprint density at radius 1 is 1.41 bits per heavy atom. The van der Waals surface area contributed by atoms with E-state index >= 15 is 0 Å². The van der Waals surface area contributed by atoms with Gasteiger partial charge in [0.2, 0.25) is 0 Å². The Balaban J connectivity index is 0.00000108. The number of aryl methyl sites for hydroxylation is 1. The fourth-order valence-corrected chi connectivity index (χ4v) is 2.95. The highest BCUT2D eigenvalue weighted by Crippen LogP contribution is 2.26. The molecule has 2 unspecified atom stereocenters. The molecule has 0 radical (unpaired) electrons. The molecule has 3 rings (SSSR count). The highest BCUT2D eigenvalue weighted by atomic mass is 35.5. The van der Waals surface area contributed by atoms with Crippen molar-refractivity contribution < 1.29 is 0 Å². The van der Waals surface area contributed by atoms with E-state index in [2.05, 4.69) is 20.5 Å². The van der Waals surface area contributed by atoms with Crippen LogP contribution in [0.3, 0.4) is 0 Å². The van der Waals surface area contributed by atoms with E-state index in [0.29, 0.717) is 0 Å². The van der Waals surface area contributed by atoms with Gasteiger partial charge in [-0.3, -0.25) is 9.58 Å².